The maximum Gasteiger partial charge on any atom is 0.325 e. The van der Waals surface area contributed by atoms with Crippen molar-refractivity contribution in [3.05, 3.63) is 0 Å². The van der Waals surface area contributed by atoms with Crippen molar-refractivity contribution in [3.63, 3.8) is 0 Å². The van der Waals surface area contributed by atoms with Gasteiger partial charge in [-0.2, -0.15) is 0 Å². The van der Waals surface area contributed by atoms with Gasteiger partial charge in [0.1, 0.15) is 5.54 Å². The number of carbonyl (C=O) groups excluding carboxylic acids is 1. The molecule has 2 fully saturated rings. The SMILES string of the molecule is CCNC(C)(CCN1CCN2CCCC2C1)C(=O)OC. The second-order valence-electron chi connectivity index (χ2n) is 6.24. The summed E-state index contributed by atoms with van der Waals surface area (Å²) in [5.41, 5.74) is -0.559. The maximum atomic E-state index is 12.0. The molecule has 116 valence electrons. The number of likely N-dealkylation sites (N-methyl/N-ethyl adjacent to an activating group) is 1. The lowest BCUT2D eigenvalue weighted by molar-refractivity contribution is -0.148. The zero-order chi connectivity index (χ0) is 14.6. The van der Waals surface area contributed by atoms with Crippen LogP contribution >= 0.6 is 0 Å². The van der Waals surface area contributed by atoms with E-state index in [-0.39, 0.29) is 5.97 Å². The number of carbonyl (C=O) groups is 1. The maximum absolute atomic E-state index is 12.0. The Bertz CT molecular complexity index is 337. The predicted molar refractivity (Wildman–Crippen MR) is 79.7 cm³/mol. The molecule has 2 rings (SSSR count). The Labute approximate surface area is 122 Å². The second kappa shape index (κ2) is 6.87. The normalized spacial score (nSPS) is 27.1. The van der Waals surface area contributed by atoms with Gasteiger partial charge in [0.25, 0.3) is 0 Å². The fourth-order valence-electron chi connectivity index (χ4n) is 3.52. The van der Waals surface area contributed by atoms with E-state index in [9.17, 15) is 4.79 Å². The van der Waals surface area contributed by atoms with Crippen molar-refractivity contribution in [2.75, 3.05) is 46.4 Å². The molecule has 2 aliphatic heterocycles. The van der Waals surface area contributed by atoms with Crippen molar-refractivity contribution >= 4 is 5.97 Å². The number of hydrogen-bond donors (Lipinski definition) is 1. The van der Waals surface area contributed by atoms with E-state index in [1.54, 1.807) is 0 Å². The van der Waals surface area contributed by atoms with Crippen LogP contribution in [0, 0.1) is 0 Å². The molecule has 0 spiro atoms. The number of hydrogen-bond acceptors (Lipinski definition) is 5. The van der Waals surface area contributed by atoms with E-state index in [0.29, 0.717) is 0 Å². The molecule has 0 amide bonds. The van der Waals surface area contributed by atoms with Crippen molar-refractivity contribution < 1.29 is 9.53 Å². The van der Waals surface area contributed by atoms with Crippen molar-refractivity contribution in [3.8, 4) is 0 Å². The number of esters is 1. The fraction of sp³-hybridized carbons (Fsp3) is 0.933. The molecule has 2 atom stereocenters. The molecular formula is C15H29N3O2. The molecule has 2 unspecified atom stereocenters. The van der Waals surface area contributed by atoms with Gasteiger partial charge in [-0.25, -0.2) is 0 Å². The summed E-state index contributed by atoms with van der Waals surface area (Å²) in [6.45, 7) is 10.5. The molecule has 0 aromatic carbocycles. The van der Waals surface area contributed by atoms with Gasteiger partial charge in [0.2, 0.25) is 0 Å². The summed E-state index contributed by atoms with van der Waals surface area (Å²) in [6.07, 6.45) is 3.48. The van der Waals surface area contributed by atoms with Gasteiger partial charge in [-0.1, -0.05) is 6.92 Å². The quantitative estimate of drug-likeness (QED) is 0.727. The highest BCUT2D eigenvalue weighted by Crippen LogP contribution is 2.22. The Morgan fingerprint density at radius 2 is 2.20 bits per heavy atom. The van der Waals surface area contributed by atoms with Crippen molar-refractivity contribution in [2.45, 2.75) is 44.7 Å². The predicted octanol–water partition coefficient (Wildman–Crippen LogP) is 0.698. The minimum absolute atomic E-state index is 0.154. The molecule has 5 nitrogen and oxygen atoms in total. The summed E-state index contributed by atoms with van der Waals surface area (Å²) < 4.78 is 4.95. The molecule has 2 aliphatic rings. The number of nitrogens with zero attached hydrogens (tertiary/aromatic N) is 2. The molecule has 0 saturated carbocycles. The summed E-state index contributed by atoms with van der Waals surface area (Å²) in [4.78, 5) is 17.1. The third-order valence-electron chi connectivity index (χ3n) is 4.80. The van der Waals surface area contributed by atoms with Gasteiger partial charge >= 0.3 is 5.97 Å². The Morgan fingerprint density at radius 3 is 2.90 bits per heavy atom. The van der Waals surface area contributed by atoms with Crippen molar-refractivity contribution in [2.24, 2.45) is 0 Å². The first-order valence-electron chi connectivity index (χ1n) is 7.89. The second-order valence-corrected chi connectivity index (χ2v) is 6.24. The lowest BCUT2D eigenvalue weighted by Gasteiger charge is -2.39. The van der Waals surface area contributed by atoms with Gasteiger partial charge in [-0.05, 0) is 39.3 Å². The fourth-order valence-corrected chi connectivity index (χ4v) is 3.52. The highest BCUT2D eigenvalue weighted by atomic mass is 16.5. The van der Waals surface area contributed by atoms with Gasteiger partial charge in [0, 0.05) is 32.2 Å². The van der Waals surface area contributed by atoms with Crippen molar-refractivity contribution in [1.82, 2.24) is 15.1 Å². The summed E-state index contributed by atoms with van der Waals surface area (Å²) in [5.74, 6) is -0.154. The van der Waals surface area contributed by atoms with E-state index in [4.69, 9.17) is 4.74 Å². The van der Waals surface area contributed by atoms with Crippen LogP contribution in [0.2, 0.25) is 0 Å². The van der Waals surface area contributed by atoms with Crippen LogP contribution in [0.25, 0.3) is 0 Å². The first-order chi connectivity index (χ1) is 9.59. The number of ether oxygens (including phenoxy) is 1. The van der Waals surface area contributed by atoms with Crippen LogP contribution in [0.5, 0.6) is 0 Å². The first-order valence-corrected chi connectivity index (χ1v) is 7.89. The number of rotatable bonds is 6. The zero-order valence-corrected chi connectivity index (χ0v) is 13.2. The van der Waals surface area contributed by atoms with E-state index in [2.05, 4.69) is 15.1 Å². The highest BCUT2D eigenvalue weighted by Gasteiger charge is 2.35. The molecular weight excluding hydrogens is 254 g/mol. The molecule has 1 N–H and O–H groups in total. The van der Waals surface area contributed by atoms with Gasteiger partial charge < -0.3 is 15.0 Å². The van der Waals surface area contributed by atoms with E-state index < -0.39 is 5.54 Å². The lowest BCUT2D eigenvalue weighted by atomic mass is 9.97. The smallest absolute Gasteiger partial charge is 0.325 e. The van der Waals surface area contributed by atoms with Crippen LogP contribution in [-0.2, 0) is 9.53 Å². The highest BCUT2D eigenvalue weighted by molar-refractivity contribution is 5.80. The van der Waals surface area contributed by atoms with Crippen LogP contribution in [0.4, 0.5) is 0 Å². The molecule has 0 aliphatic carbocycles. The molecule has 5 heteroatoms. The first kappa shape index (κ1) is 15.7. The molecule has 2 heterocycles. The third kappa shape index (κ3) is 3.51. The molecule has 0 radical (unpaired) electrons. The van der Waals surface area contributed by atoms with E-state index >= 15 is 0 Å². The number of methoxy groups -OCH3 is 1. The average molecular weight is 283 g/mol. The monoisotopic (exact) mass is 283 g/mol. The molecule has 2 saturated heterocycles. The Kier molecular flexibility index (Phi) is 5.41. The van der Waals surface area contributed by atoms with Crippen LogP contribution in [-0.4, -0.2) is 73.7 Å². The third-order valence-corrected chi connectivity index (χ3v) is 4.80. The standard InChI is InChI=1S/C15H29N3O2/c1-4-16-15(2,14(19)20-3)7-9-17-10-11-18-8-5-6-13(18)12-17/h13,16H,4-12H2,1-3H3. The topological polar surface area (TPSA) is 44.8 Å². The summed E-state index contributed by atoms with van der Waals surface area (Å²) in [7, 11) is 1.47. The molecule has 0 aromatic rings. The number of piperazine rings is 1. The molecule has 0 bridgehead atoms. The van der Waals surface area contributed by atoms with Gasteiger partial charge in [0.05, 0.1) is 7.11 Å². The number of nitrogens with one attached hydrogen (secondary N) is 1. The summed E-state index contributed by atoms with van der Waals surface area (Å²) in [6, 6.07) is 0.743. The van der Waals surface area contributed by atoms with Crippen molar-refractivity contribution in [1.29, 1.82) is 0 Å². The number of fused-ring (bicyclic) bond motifs is 1. The van der Waals surface area contributed by atoms with Crippen LogP contribution in [0.1, 0.15) is 33.1 Å². The van der Waals surface area contributed by atoms with Gasteiger partial charge in [-0.3, -0.25) is 9.69 Å². The summed E-state index contributed by atoms with van der Waals surface area (Å²) in [5, 5.41) is 3.28. The lowest BCUT2D eigenvalue weighted by Crippen LogP contribution is -2.54. The summed E-state index contributed by atoms with van der Waals surface area (Å²) >= 11 is 0. The Balaban J connectivity index is 1.84. The van der Waals surface area contributed by atoms with Crippen LogP contribution in [0.15, 0.2) is 0 Å². The molecule has 0 aromatic heterocycles. The van der Waals surface area contributed by atoms with Crippen LogP contribution in [0.3, 0.4) is 0 Å². The van der Waals surface area contributed by atoms with E-state index in [1.165, 1.54) is 33.0 Å². The van der Waals surface area contributed by atoms with Crippen LogP contribution < -0.4 is 5.32 Å². The van der Waals surface area contributed by atoms with E-state index in [1.807, 2.05) is 13.8 Å². The minimum atomic E-state index is -0.559. The minimum Gasteiger partial charge on any atom is -0.468 e. The van der Waals surface area contributed by atoms with E-state index in [0.717, 1.165) is 38.6 Å². The Morgan fingerprint density at radius 1 is 1.40 bits per heavy atom. The van der Waals surface area contributed by atoms with Gasteiger partial charge in [0.15, 0.2) is 0 Å². The molecule has 20 heavy (non-hydrogen) atoms. The largest absolute Gasteiger partial charge is 0.468 e. The van der Waals surface area contributed by atoms with Gasteiger partial charge in [-0.15, -0.1) is 0 Å². The Hall–Kier alpha value is -0.650. The zero-order valence-electron chi connectivity index (χ0n) is 13.2. The average Bonchev–Trinajstić information content (AvgIpc) is 2.92.